The first-order valence-electron chi connectivity index (χ1n) is 7.40. The van der Waals surface area contributed by atoms with Crippen molar-refractivity contribution in [3.05, 3.63) is 35.4 Å². The zero-order chi connectivity index (χ0) is 14.5. The fourth-order valence-corrected chi connectivity index (χ4v) is 2.76. The molecular weight excluding hydrogens is 258 g/mol. The van der Waals surface area contributed by atoms with Crippen molar-refractivity contribution in [3.8, 4) is 0 Å². The molecule has 20 heavy (non-hydrogen) atoms. The number of rotatable bonds is 5. The maximum absolute atomic E-state index is 12.9. The molecule has 0 aliphatic carbocycles. The number of piperazine rings is 1. The SMILES string of the molecule is CC(C)c1ccc([C@H](CC(F)F)N2CCNCC2)cc1. The van der Waals surface area contributed by atoms with E-state index in [2.05, 4.69) is 36.2 Å². The highest BCUT2D eigenvalue weighted by atomic mass is 19.3. The Morgan fingerprint density at radius 2 is 1.60 bits per heavy atom. The summed E-state index contributed by atoms with van der Waals surface area (Å²) in [6.45, 7) is 7.71. The maximum Gasteiger partial charge on any atom is 0.240 e. The molecule has 1 N–H and O–H groups in total. The van der Waals surface area contributed by atoms with E-state index in [1.165, 1.54) is 5.56 Å². The number of hydrogen-bond acceptors (Lipinski definition) is 2. The molecular formula is C16H24F2N2. The average Bonchev–Trinajstić information content (AvgIpc) is 2.45. The molecule has 1 atom stereocenters. The summed E-state index contributed by atoms with van der Waals surface area (Å²) in [5.41, 5.74) is 2.27. The summed E-state index contributed by atoms with van der Waals surface area (Å²) in [5.74, 6) is 0.469. The molecule has 1 fully saturated rings. The van der Waals surface area contributed by atoms with Crippen molar-refractivity contribution in [3.63, 3.8) is 0 Å². The van der Waals surface area contributed by atoms with Gasteiger partial charge in [-0.3, -0.25) is 4.90 Å². The minimum Gasteiger partial charge on any atom is -0.314 e. The van der Waals surface area contributed by atoms with Gasteiger partial charge in [-0.15, -0.1) is 0 Å². The highest BCUT2D eigenvalue weighted by Crippen LogP contribution is 2.28. The summed E-state index contributed by atoms with van der Waals surface area (Å²) in [7, 11) is 0. The van der Waals surface area contributed by atoms with Crippen LogP contribution < -0.4 is 5.32 Å². The quantitative estimate of drug-likeness (QED) is 0.890. The van der Waals surface area contributed by atoms with Crippen molar-refractivity contribution in [1.82, 2.24) is 10.2 Å². The average molecular weight is 282 g/mol. The van der Waals surface area contributed by atoms with Crippen LogP contribution in [0.3, 0.4) is 0 Å². The molecule has 1 aliphatic rings. The van der Waals surface area contributed by atoms with E-state index in [0.717, 1.165) is 31.7 Å². The van der Waals surface area contributed by atoms with Gasteiger partial charge >= 0.3 is 0 Å². The van der Waals surface area contributed by atoms with Crippen molar-refractivity contribution in [2.75, 3.05) is 26.2 Å². The predicted octanol–water partition coefficient (Wildman–Crippen LogP) is 3.41. The number of alkyl halides is 2. The highest BCUT2D eigenvalue weighted by molar-refractivity contribution is 5.27. The lowest BCUT2D eigenvalue weighted by Gasteiger charge is -2.35. The van der Waals surface area contributed by atoms with Crippen LogP contribution in [0.25, 0.3) is 0 Å². The van der Waals surface area contributed by atoms with Gasteiger partial charge in [0.15, 0.2) is 0 Å². The number of nitrogens with zero attached hydrogens (tertiary/aromatic N) is 1. The van der Waals surface area contributed by atoms with Crippen LogP contribution in [0.15, 0.2) is 24.3 Å². The first kappa shape index (κ1) is 15.4. The van der Waals surface area contributed by atoms with Gasteiger partial charge < -0.3 is 5.32 Å². The molecule has 112 valence electrons. The van der Waals surface area contributed by atoms with Gasteiger partial charge in [0.2, 0.25) is 6.43 Å². The van der Waals surface area contributed by atoms with E-state index in [0.29, 0.717) is 5.92 Å². The van der Waals surface area contributed by atoms with Gasteiger partial charge in [-0.2, -0.15) is 0 Å². The fraction of sp³-hybridized carbons (Fsp3) is 0.625. The summed E-state index contributed by atoms with van der Waals surface area (Å²) < 4.78 is 25.8. The molecule has 0 radical (unpaired) electrons. The Kier molecular flexibility index (Phi) is 5.49. The molecule has 1 aromatic carbocycles. The van der Waals surface area contributed by atoms with Crippen LogP contribution in [-0.4, -0.2) is 37.5 Å². The number of benzene rings is 1. The van der Waals surface area contributed by atoms with E-state index < -0.39 is 6.43 Å². The topological polar surface area (TPSA) is 15.3 Å². The second kappa shape index (κ2) is 7.14. The van der Waals surface area contributed by atoms with Crippen LogP contribution >= 0.6 is 0 Å². The standard InChI is InChI=1S/C16H24F2N2/c1-12(2)13-3-5-14(6-4-13)15(11-16(17)18)20-9-7-19-8-10-20/h3-6,12,15-16,19H,7-11H2,1-2H3/t15-/m0/s1. The van der Waals surface area contributed by atoms with Crippen LogP contribution in [0.4, 0.5) is 8.78 Å². The molecule has 0 saturated carbocycles. The van der Waals surface area contributed by atoms with Crippen molar-refractivity contribution < 1.29 is 8.78 Å². The van der Waals surface area contributed by atoms with Crippen LogP contribution in [0.1, 0.15) is 43.4 Å². The number of nitrogens with one attached hydrogen (secondary N) is 1. The third-order valence-corrected chi connectivity index (χ3v) is 3.98. The van der Waals surface area contributed by atoms with Crippen molar-refractivity contribution in [1.29, 1.82) is 0 Å². The third-order valence-electron chi connectivity index (χ3n) is 3.98. The summed E-state index contributed by atoms with van der Waals surface area (Å²) in [6.07, 6.45) is -2.35. The minimum atomic E-state index is -2.26. The van der Waals surface area contributed by atoms with E-state index >= 15 is 0 Å². The van der Waals surface area contributed by atoms with Crippen LogP contribution in [-0.2, 0) is 0 Å². The van der Waals surface area contributed by atoms with Crippen molar-refractivity contribution in [2.45, 2.75) is 38.7 Å². The van der Waals surface area contributed by atoms with E-state index in [1.54, 1.807) is 0 Å². The fourth-order valence-electron chi connectivity index (χ4n) is 2.76. The lowest BCUT2D eigenvalue weighted by molar-refractivity contribution is 0.0739. The monoisotopic (exact) mass is 282 g/mol. The zero-order valence-electron chi connectivity index (χ0n) is 12.3. The Morgan fingerprint density at radius 1 is 1.05 bits per heavy atom. The number of halogens is 2. The van der Waals surface area contributed by atoms with Gasteiger partial charge in [0.25, 0.3) is 0 Å². The molecule has 0 aromatic heterocycles. The molecule has 4 heteroatoms. The Bertz CT molecular complexity index is 397. The lowest BCUT2D eigenvalue weighted by Crippen LogP contribution is -2.45. The Balaban J connectivity index is 2.16. The Labute approximate surface area is 120 Å². The highest BCUT2D eigenvalue weighted by Gasteiger charge is 2.25. The molecule has 2 rings (SSSR count). The summed E-state index contributed by atoms with van der Waals surface area (Å²) >= 11 is 0. The normalized spacial score (nSPS) is 18.7. The molecule has 0 bridgehead atoms. The van der Waals surface area contributed by atoms with Gasteiger partial charge in [-0.1, -0.05) is 38.1 Å². The first-order chi connectivity index (χ1) is 9.58. The van der Waals surface area contributed by atoms with Crippen LogP contribution in [0, 0.1) is 0 Å². The molecule has 1 saturated heterocycles. The van der Waals surface area contributed by atoms with Gasteiger partial charge in [0, 0.05) is 38.6 Å². The van der Waals surface area contributed by atoms with Gasteiger partial charge in [0.05, 0.1) is 0 Å². The molecule has 1 heterocycles. The van der Waals surface area contributed by atoms with E-state index in [9.17, 15) is 8.78 Å². The molecule has 0 spiro atoms. The molecule has 0 unspecified atom stereocenters. The zero-order valence-corrected chi connectivity index (χ0v) is 12.3. The molecule has 2 nitrogen and oxygen atoms in total. The maximum atomic E-state index is 12.9. The van der Waals surface area contributed by atoms with E-state index in [-0.39, 0.29) is 12.5 Å². The van der Waals surface area contributed by atoms with Crippen molar-refractivity contribution >= 4 is 0 Å². The van der Waals surface area contributed by atoms with Gasteiger partial charge in [0.1, 0.15) is 0 Å². The summed E-state index contributed by atoms with van der Waals surface area (Å²) in [5, 5.41) is 3.27. The van der Waals surface area contributed by atoms with Gasteiger partial charge in [-0.25, -0.2) is 8.78 Å². The van der Waals surface area contributed by atoms with Crippen LogP contribution in [0.2, 0.25) is 0 Å². The Morgan fingerprint density at radius 3 is 2.10 bits per heavy atom. The third kappa shape index (κ3) is 4.00. The minimum absolute atomic E-state index is 0.0823. The largest absolute Gasteiger partial charge is 0.314 e. The van der Waals surface area contributed by atoms with Gasteiger partial charge in [-0.05, 0) is 17.0 Å². The molecule has 1 aliphatic heterocycles. The van der Waals surface area contributed by atoms with E-state index in [1.807, 2.05) is 12.1 Å². The second-order valence-electron chi connectivity index (χ2n) is 5.75. The predicted molar refractivity (Wildman–Crippen MR) is 78.3 cm³/mol. The number of hydrogen-bond donors (Lipinski definition) is 1. The summed E-state index contributed by atoms with van der Waals surface area (Å²) in [4.78, 5) is 2.17. The molecule has 1 aromatic rings. The van der Waals surface area contributed by atoms with E-state index in [4.69, 9.17) is 0 Å². The molecule has 0 amide bonds. The lowest BCUT2D eigenvalue weighted by atomic mass is 9.96. The van der Waals surface area contributed by atoms with Crippen LogP contribution in [0.5, 0.6) is 0 Å². The second-order valence-corrected chi connectivity index (χ2v) is 5.75. The Hall–Kier alpha value is -1.00. The smallest absolute Gasteiger partial charge is 0.240 e. The summed E-state index contributed by atoms with van der Waals surface area (Å²) in [6, 6.07) is 8.01. The van der Waals surface area contributed by atoms with Crippen molar-refractivity contribution in [2.24, 2.45) is 0 Å². The first-order valence-corrected chi connectivity index (χ1v) is 7.40.